The Balaban J connectivity index is 0.000000624. The molecule has 3 rings (SSSR count). The zero-order chi connectivity index (χ0) is 28.3. The number of carbonyl (C=O) groups is 1. The molecule has 1 fully saturated rings. The smallest absolute Gasteiger partial charge is 0.381 e. The highest BCUT2D eigenvalue weighted by atomic mass is 19.4. The van der Waals surface area contributed by atoms with Crippen molar-refractivity contribution in [3.8, 4) is 0 Å². The third kappa shape index (κ3) is 9.18. The van der Waals surface area contributed by atoms with E-state index in [1.165, 1.54) is 56.4 Å². The molecule has 0 heterocycles. The average Bonchev–Trinajstić information content (AvgIpc) is 2.87. The van der Waals surface area contributed by atoms with E-state index >= 15 is 0 Å². The van der Waals surface area contributed by atoms with Crippen LogP contribution in [0, 0.1) is 29.2 Å². The van der Waals surface area contributed by atoms with Crippen molar-refractivity contribution in [3.63, 3.8) is 0 Å². The molecule has 0 aliphatic heterocycles. The van der Waals surface area contributed by atoms with Crippen LogP contribution in [0.15, 0.2) is 24.3 Å². The lowest BCUT2D eigenvalue weighted by molar-refractivity contribution is -0.241. The second-order valence-electron chi connectivity index (χ2n) is 9.18. The Labute approximate surface area is 217 Å². The maximum atomic E-state index is 14.0. The number of rotatable bonds is 9. The summed E-state index contributed by atoms with van der Waals surface area (Å²) in [6.07, 6.45) is 4.33. The van der Waals surface area contributed by atoms with Gasteiger partial charge in [-0.25, -0.2) is 22.4 Å². The van der Waals surface area contributed by atoms with Crippen LogP contribution in [-0.4, -0.2) is 12.6 Å². The van der Waals surface area contributed by atoms with Gasteiger partial charge >= 0.3 is 12.1 Å². The molecule has 2 aromatic carbocycles. The lowest BCUT2D eigenvalue weighted by Gasteiger charge is -2.15. The van der Waals surface area contributed by atoms with Crippen LogP contribution in [0.3, 0.4) is 0 Å². The predicted octanol–water partition coefficient (Wildman–Crippen LogP) is 8.74. The average molecular weight is 552 g/mol. The van der Waals surface area contributed by atoms with E-state index in [4.69, 9.17) is 4.89 Å². The van der Waals surface area contributed by atoms with Crippen LogP contribution in [0.5, 0.6) is 0 Å². The van der Waals surface area contributed by atoms with Crippen molar-refractivity contribution >= 4 is 11.7 Å². The molecule has 0 spiro atoms. The molecular weight excluding hydrogens is 519 g/mol. The molecule has 212 valence electrons. The fourth-order valence-electron chi connectivity index (χ4n) is 3.89. The van der Waals surface area contributed by atoms with Gasteiger partial charge in [-0.05, 0) is 30.5 Å². The van der Waals surface area contributed by atoms with Crippen molar-refractivity contribution in [1.82, 2.24) is 0 Å². The summed E-state index contributed by atoms with van der Waals surface area (Å²) in [5.74, 6) is -9.25. The van der Waals surface area contributed by atoms with Crippen LogP contribution >= 0.6 is 0 Å². The van der Waals surface area contributed by atoms with E-state index in [9.17, 15) is 35.5 Å². The van der Waals surface area contributed by atoms with Gasteiger partial charge in [-0.3, -0.25) is 4.89 Å². The lowest BCUT2D eigenvalue weighted by atomic mass is 9.91. The van der Waals surface area contributed by atoms with E-state index in [0.29, 0.717) is 6.42 Å². The summed E-state index contributed by atoms with van der Waals surface area (Å²) < 4.78 is 93.2. The molecule has 0 unspecified atom stereocenters. The quantitative estimate of drug-likeness (QED) is 0.111. The molecule has 1 N–H and O–H groups in total. The third-order valence-electron chi connectivity index (χ3n) is 6.07. The maximum absolute atomic E-state index is 14.0. The molecule has 4 nitrogen and oxygen atoms in total. The van der Waals surface area contributed by atoms with Gasteiger partial charge in [0, 0.05) is 17.8 Å². The zero-order valence-corrected chi connectivity index (χ0v) is 21.3. The Morgan fingerprint density at radius 3 is 2.13 bits per heavy atom. The summed E-state index contributed by atoms with van der Waals surface area (Å²) in [6, 6.07) is 5.27. The van der Waals surface area contributed by atoms with Gasteiger partial charge in [0.05, 0.1) is 12.2 Å². The van der Waals surface area contributed by atoms with Gasteiger partial charge in [0.1, 0.15) is 5.56 Å². The van der Waals surface area contributed by atoms with Crippen LogP contribution in [0.25, 0.3) is 0 Å². The van der Waals surface area contributed by atoms with Crippen LogP contribution in [0.2, 0.25) is 0 Å². The summed E-state index contributed by atoms with van der Waals surface area (Å²) >= 11 is 0. The molecule has 1 aliphatic carbocycles. The molecule has 0 amide bonds. The van der Waals surface area contributed by atoms with Gasteiger partial charge in [-0.1, -0.05) is 64.9 Å². The van der Waals surface area contributed by atoms with Crippen molar-refractivity contribution in [3.05, 3.63) is 64.2 Å². The van der Waals surface area contributed by atoms with Crippen molar-refractivity contribution in [2.75, 3.05) is 11.9 Å². The Bertz CT molecular complexity index is 1020. The van der Waals surface area contributed by atoms with Crippen LogP contribution in [0.4, 0.5) is 36.4 Å². The number of carbonyl (C=O) groups excluding carboxylic acids is 1. The first kappa shape index (κ1) is 31.4. The van der Waals surface area contributed by atoms with E-state index in [1.54, 1.807) is 0 Å². The summed E-state index contributed by atoms with van der Waals surface area (Å²) in [4.78, 5) is 21.3. The van der Waals surface area contributed by atoms with Crippen LogP contribution < -0.4 is 5.32 Å². The lowest BCUT2D eigenvalue weighted by Crippen LogP contribution is -2.18. The largest absolute Gasteiger partial charge is 0.422 e. The molecule has 1 aliphatic rings. The van der Waals surface area contributed by atoms with Gasteiger partial charge in [-0.15, -0.1) is 0 Å². The molecule has 2 aromatic rings. The fourth-order valence-corrected chi connectivity index (χ4v) is 3.89. The highest BCUT2D eigenvalue weighted by Crippen LogP contribution is 2.37. The number of nitrogens with one attached hydrogen (secondary N) is 1. The Kier molecular flexibility index (Phi) is 12.3. The number of alkyl halides is 3. The summed E-state index contributed by atoms with van der Waals surface area (Å²) in [6.45, 7) is 3.64. The molecule has 0 bridgehead atoms. The predicted molar refractivity (Wildman–Crippen MR) is 128 cm³/mol. The number of unbranched alkanes of at least 4 members (excludes halogenated alkanes) is 2. The number of hydrogen-bond acceptors (Lipinski definition) is 4. The Hall–Kier alpha value is -2.82. The van der Waals surface area contributed by atoms with E-state index in [2.05, 4.69) is 17.1 Å². The van der Waals surface area contributed by atoms with Crippen molar-refractivity contribution < 1.29 is 45.3 Å². The van der Waals surface area contributed by atoms with Gasteiger partial charge < -0.3 is 5.32 Å². The second-order valence-corrected chi connectivity index (χ2v) is 9.18. The minimum Gasteiger partial charge on any atom is -0.381 e. The minimum absolute atomic E-state index is 0.00813. The number of benzene rings is 2. The summed E-state index contributed by atoms with van der Waals surface area (Å²) in [5.41, 5.74) is -3.84. The molecule has 38 heavy (non-hydrogen) atoms. The van der Waals surface area contributed by atoms with Crippen molar-refractivity contribution in [2.24, 2.45) is 5.92 Å². The van der Waals surface area contributed by atoms with E-state index in [-0.39, 0.29) is 17.9 Å². The summed E-state index contributed by atoms with van der Waals surface area (Å²) in [7, 11) is 0. The molecule has 1 saturated carbocycles. The SMILES string of the molecule is CC1CCCCC1.CCCCCOOC(=O)c1cccc(NCc2c(F)c(F)c(C(F)(F)F)c(F)c2F)c1. The molecule has 0 aromatic heterocycles. The Morgan fingerprint density at radius 1 is 0.974 bits per heavy atom. The number of hydrogen-bond donors (Lipinski definition) is 1. The second kappa shape index (κ2) is 14.9. The normalized spacial score (nSPS) is 14.0. The first-order valence-corrected chi connectivity index (χ1v) is 12.6. The van der Waals surface area contributed by atoms with Crippen LogP contribution in [-0.2, 0) is 22.5 Å². The molecule has 0 atom stereocenters. The van der Waals surface area contributed by atoms with Gasteiger partial charge in [0.25, 0.3) is 0 Å². The number of anilines is 1. The van der Waals surface area contributed by atoms with Gasteiger partial charge in [0.15, 0.2) is 23.3 Å². The third-order valence-corrected chi connectivity index (χ3v) is 6.07. The van der Waals surface area contributed by atoms with Crippen LogP contribution in [0.1, 0.15) is 86.7 Å². The number of halogens is 7. The first-order chi connectivity index (χ1) is 18.0. The minimum atomic E-state index is -5.62. The van der Waals surface area contributed by atoms with E-state index in [0.717, 1.165) is 18.8 Å². The molecular formula is C27H32F7NO3. The molecule has 0 saturated heterocycles. The highest BCUT2D eigenvalue weighted by Gasteiger charge is 2.42. The van der Waals surface area contributed by atoms with E-state index < -0.39 is 53.1 Å². The van der Waals surface area contributed by atoms with Crippen molar-refractivity contribution in [1.29, 1.82) is 0 Å². The zero-order valence-electron chi connectivity index (χ0n) is 21.3. The molecule has 11 heteroatoms. The standard InChI is InChI=1S/C20H18F7NO3.C7H14/c1-2-3-4-8-30-31-19(29)11-6-5-7-12(9-11)28-10-13-15(21)17(23)14(20(25,26)27)18(24)16(13)22;1-7-5-3-2-4-6-7/h5-7,9,28H,2-4,8,10H2,1H3;7H,2-6H2,1H3. The van der Waals surface area contributed by atoms with Gasteiger partial charge in [0.2, 0.25) is 0 Å². The maximum Gasteiger partial charge on any atom is 0.422 e. The van der Waals surface area contributed by atoms with Gasteiger partial charge in [-0.2, -0.15) is 18.1 Å². The van der Waals surface area contributed by atoms with E-state index in [1.807, 2.05) is 6.92 Å². The fraction of sp³-hybridized carbons (Fsp3) is 0.519. The first-order valence-electron chi connectivity index (χ1n) is 12.6. The molecule has 0 radical (unpaired) electrons. The summed E-state index contributed by atoms with van der Waals surface area (Å²) in [5, 5.41) is 2.39. The van der Waals surface area contributed by atoms with Crippen molar-refractivity contribution in [2.45, 2.75) is 77.9 Å². The monoisotopic (exact) mass is 551 g/mol. The highest BCUT2D eigenvalue weighted by molar-refractivity contribution is 5.90. The topological polar surface area (TPSA) is 47.6 Å². The Morgan fingerprint density at radius 2 is 1.61 bits per heavy atom.